The van der Waals surface area contributed by atoms with Crippen LogP contribution in [0, 0.1) is 0 Å². The van der Waals surface area contributed by atoms with Crippen LogP contribution in [0.15, 0.2) is 60.2 Å². The quantitative estimate of drug-likeness (QED) is 0.387. The molecular formula is C24H18Br2O2. The van der Waals surface area contributed by atoms with Crippen molar-refractivity contribution in [1.29, 1.82) is 0 Å². The number of rotatable bonds is 2. The topological polar surface area (TPSA) is 26.3 Å². The summed E-state index contributed by atoms with van der Waals surface area (Å²) < 4.78 is 6.72. The second-order valence-electron chi connectivity index (χ2n) is 7.35. The Hall–Kier alpha value is -1.91. The van der Waals surface area contributed by atoms with Crippen molar-refractivity contribution in [1.82, 2.24) is 0 Å². The van der Waals surface area contributed by atoms with Gasteiger partial charge in [-0.2, -0.15) is 0 Å². The summed E-state index contributed by atoms with van der Waals surface area (Å²) in [5.41, 5.74) is 4.17. The van der Waals surface area contributed by atoms with Crippen LogP contribution in [0.1, 0.15) is 28.7 Å². The Kier molecular flexibility index (Phi) is 4.44. The van der Waals surface area contributed by atoms with E-state index in [2.05, 4.69) is 68.3 Å². The molecule has 0 unspecified atom stereocenters. The number of alkyl halides is 2. The Morgan fingerprint density at radius 3 is 2.61 bits per heavy atom. The molecule has 1 heterocycles. The molecule has 28 heavy (non-hydrogen) atoms. The summed E-state index contributed by atoms with van der Waals surface area (Å²) in [5, 5.41) is 3.64. The van der Waals surface area contributed by atoms with E-state index in [0.29, 0.717) is 17.1 Å². The number of aryl methyl sites for hydroxylation is 1. The van der Waals surface area contributed by atoms with Gasteiger partial charge in [0.05, 0.1) is 0 Å². The maximum Gasteiger partial charge on any atom is 0.207 e. The van der Waals surface area contributed by atoms with Gasteiger partial charge in [-0.05, 0) is 34.9 Å². The number of halogens is 2. The molecule has 0 bridgehead atoms. The van der Waals surface area contributed by atoms with Crippen molar-refractivity contribution >= 4 is 54.5 Å². The monoisotopic (exact) mass is 496 g/mol. The van der Waals surface area contributed by atoms with E-state index in [1.165, 1.54) is 16.3 Å². The summed E-state index contributed by atoms with van der Waals surface area (Å²) in [6.45, 7) is 0. The fourth-order valence-electron chi connectivity index (χ4n) is 4.54. The minimum absolute atomic E-state index is 0.0717. The third-order valence-corrected chi connectivity index (χ3v) is 7.06. The highest BCUT2D eigenvalue weighted by Gasteiger charge is 2.49. The van der Waals surface area contributed by atoms with Crippen LogP contribution in [0.5, 0.6) is 5.75 Å². The zero-order valence-electron chi connectivity index (χ0n) is 15.2. The van der Waals surface area contributed by atoms with Crippen LogP contribution in [0.2, 0.25) is 0 Å². The molecule has 0 saturated carbocycles. The largest absolute Gasteiger partial charge is 0.474 e. The molecule has 3 aromatic carbocycles. The lowest BCUT2D eigenvalue weighted by atomic mass is 9.73. The Bertz CT molecular complexity index is 1150. The zero-order chi connectivity index (χ0) is 19.3. The van der Waals surface area contributed by atoms with Gasteiger partial charge in [-0.3, -0.25) is 4.79 Å². The van der Waals surface area contributed by atoms with E-state index in [9.17, 15) is 4.79 Å². The maximum absolute atomic E-state index is 13.5. The van der Waals surface area contributed by atoms with Crippen molar-refractivity contribution in [2.45, 2.75) is 23.8 Å². The number of benzene rings is 3. The van der Waals surface area contributed by atoms with E-state index < -0.39 is 5.60 Å². The van der Waals surface area contributed by atoms with Crippen LogP contribution in [0.25, 0.3) is 16.8 Å². The average molecular weight is 498 g/mol. The molecule has 1 atom stereocenters. The minimum Gasteiger partial charge on any atom is -0.474 e. The van der Waals surface area contributed by atoms with Gasteiger partial charge < -0.3 is 4.74 Å². The predicted molar refractivity (Wildman–Crippen MR) is 120 cm³/mol. The fraction of sp³-hybridized carbons (Fsp3) is 0.208. The summed E-state index contributed by atoms with van der Waals surface area (Å²) >= 11 is 7.12. The Morgan fingerprint density at radius 2 is 1.79 bits per heavy atom. The number of Topliss-reactive ketones (excluding diaryl/α,β-unsaturated/α-hetero) is 1. The average Bonchev–Trinajstić information content (AvgIpc) is 2.75. The SMILES string of the molecule is O=C1C(CBr)=Cc2ccccc2[C@@]12CCc1c(c(CBr)cc3ccccc13)O2. The number of carbonyl (C=O) groups is 1. The lowest BCUT2D eigenvalue weighted by Crippen LogP contribution is -2.47. The molecule has 3 aromatic rings. The van der Waals surface area contributed by atoms with Crippen LogP contribution in [0.3, 0.4) is 0 Å². The molecule has 0 radical (unpaired) electrons. The van der Waals surface area contributed by atoms with Gasteiger partial charge in [0, 0.05) is 39.3 Å². The van der Waals surface area contributed by atoms with Crippen molar-refractivity contribution < 1.29 is 9.53 Å². The van der Waals surface area contributed by atoms with Crippen LogP contribution in [-0.4, -0.2) is 11.1 Å². The number of fused-ring (bicyclic) bond motifs is 5. The van der Waals surface area contributed by atoms with E-state index in [-0.39, 0.29) is 5.78 Å². The first-order valence-electron chi connectivity index (χ1n) is 9.37. The molecule has 140 valence electrons. The summed E-state index contributed by atoms with van der Waals surface area (Å²) in [5.74, 6) is 0.934. The molecule has 0 N–H and O–H groups in total. The third-order valence-electron chi connectivity index (χ3n) is 5.86. The second-order valence-corrected chi connectivity index (χ2v) is 8.47. The molecule has 2 nitrogen and oxygen atoms in total. The number of ketones is 1. The molecule has 0 fully saturated rings. The van der Waals surface area contributed by atoms with Crippen molar-refractivity contribution in [3.63, 3.8) is 0 Å². The van der Waals surface area contributed by atoms with E-state index >= 15 is 0 Å². The highest BCUT2D eigenvalue weighted by Crippen LogP contribution is 2.49. The standard InChI is InChI=1S/C24H18Br2O2/c25-13-17-11-15-5-1-3-7-19(15)20-9-10-24(28-22(17)20)21-8-4-2-6-16(21)12-18(14-26)23(24)27/h1-8,11-12H,9-10,13-14H2/t24-/m0/s1. The van der Waals surface area contributed by atoms with E-state index in [1.807, 2.05) is 24.3 Å². The van der Waals surface area contributed by atoms with Gasteiger partial charge in [0.15, 0.2) is 5.60 Å². The van der Waals surface area contributed by atoms with Crippen molar-refractivity contribution in [2.75, 3.05) is 5.33 Å². The van der Waals surface area contributed by atoms with Gasteiger partial charge in [0.1, 0.15) is 5.75 Å². The molecule has 0 saturated heterocycles. The number of hydrogen-bond donors (Lipinski definition) is 0. The summed E-state index contributed by atoms with van der Waals surface area (Å²) in [6, 6.07) is 18.7. The van der Waals surface area contributed by atoms with Crippen molar-refractivity contribution in [3.05, 3.63) is 82.4 Å². The molecule has 0 aromatic heterocycles. The van der Waals surface area contributed by atoms with Crippen molar-refractivity contribution in [3.8, 4) is 5.75 Å². The number of hydrogen-bond acceptors (Lipinski definition) is 2. The lowest BCUT2D eigenvalue weighted by molar-refractivity contribution is -0.133. The van der Waals surface area contributed by atoms with E-state index in [0.717, 1.165) is 34.4 Å². The number of carbonyl (C=O) groups excluding carboxylic acids is 1. The highest BCUT2D eigenvalue weighted by molar-refractivity contribution is 9.09. The van der Waals surface area contributed by atoms with Gasteiger partial charge in [-0.1, -0.05) is 80.4 Å². The van der Waals surface area contributed by atoms with Crippen LogP contribution < -0.4 is 4.74 Å². The lowest BCUT2D eigenvalue weighted by Gasteiger charge is -2.42. The first-order chi connectivity index (χ1) is 13.7. The molecule has 0 amide bonds. The summed E-state index contributed by atoms with van der Waals surface area (Å²) in [4.78, 5) is 13.5. The third kappa shape index (κ3) is 2.54. The van der Waals surface area contributed by atoms with E-state index in [1.54, 1.807) is 0 Å². The first kappa shape index (κ1) is 18.1. The molecule has 1 aliphatic carbocycles. The predicted octanol–water partition coefficient (Wildman–Crippen LogP) is 6.32. The second kappa shape index (κ2) is 6.85. The van der Waals surface area contributed by atoms with Gasteiger partial charge in [0.2, 0.25) is 5.78 Å². The highest BCUT2D eigenvalue weighted by atomic mass is 79.9. The molecule has 1 spiro atoms. The molecule has 4 heteroatoms. The molecule has 5 rings (SSSR count). The van der Waals surface area contributed by atoms with Gasteiger partial charge in [-0.15, -0.1) is 0 Å². The maximum atomic E-state index is 13.5. The van der Waals surface area contributed by atoms with Crippen molar-refractivity contribution in [2.24, 2.45) is 0 Å². The van der Waals surface area contributed by atoms with Crippen LogP contribution in [-0.2, 0) is 22.1 Å². The summed E-state index contributed by atoms with van der Waals surface area (Å²) in [6.07, 6.45) is 3.45. The Morgan fingerprint density at radius 1 is 1.00 bits per heavy atom. The van der Waals surface area contributed by atoms with Gasteiger partial charge >= 0.3 is 0 Å². The Balaban J connectivity index is 1.75. The molecule has 2 aliphatic rings. The van der Waals surface area contributed by atoms with Crippen LogP contribution in [0.4, 0.5) is 0 Å². The molecule has 1 aliphatic heterocycles. The van der Waals surface area contributed by atoms with Crippen LogP contribution >= 0.6 is 31.9 Å². The summed E-state index contributed by atoms with van der Waals surface area (Å²) in [7, 11) is 0. The van der Waals surface area contributed by atoms with Gasteiger partial charge in [-0.25, -0.2) is 0 Å². The Labute approximate surface area is 180 Å². The minimum atomic E-state index is -0.944. The smallest absolute Gasteiger partial charge is 0.207 e. The number of ether oxygens (including phenoxy) is 1. The van der Waals surface area contributed by atoms with E-state index in [4.69, 9.17) is 4.74 Å². The normalized spacial score (nSPS) is 20.5. The fourth-order valence-corrected chi connectivity index (χ4v) is 5.38. The zero-order valence-corrected chi connectivity index (χ0v) is 18.3. The first-order valence-corrected chi connectivity index (χ1v) is 11.6. The van der Waals surface area contributed by atoms with Gasteiger partial charge in [0.25, 0.3) is 0 Å². The molecular weight excluding hydrogens is 480 g/mol.